The highest BCUT2D eigenvalue weighted by Gasteiger charge is 2.14. The van der Waals surface area contributed by atoms with Gasteiger partial charge in [0.1, 0.15) is 5.69 Å². The lowest BCUT2D eigenvalue weighted by Gasteiger charge is -2.05. The zero-order valence-electron chi connectivity index (χ0n) is 12.1. The van der Waals surface area contributed by atoms with Crippen molar-refractivity contribution in [1.82, 2.24) is 9.55 Å². The van der Waals surface area contributed by atoms with E-state index in [-0.39, 0.29) is 5.91 Å². The number of amides is 1. The fourth-order valence-corrected chi connectivity index (χ4v) is 3.14. The summed E-state index contributed by atoms with van der Waals surface area (Å²) in [5.74, 6) is -0.123. The second-order valence-corrected chi connectivity index (χ2v) is 7.25. The highest BCUT2D eigenvalue weighted by atomic mass is 127. The number of carbonyl (C=O) groups excluding carboxylic acids is 1. The molecule has 0 unspecified atom stereocenters. The summed E-state index contributed by atoms with van der Waals surface area (Å²) in [6, 6.07) is 9.59. The van der Waals surface area contributed by atoms with Gasteiger partial charge >= 0.3 is 0 Å². The summed E-state index contributed by atoms with van der Waals surface area (Å²) in [6.45, 7) is 1.97. The third-order valence-electron chi connectivity index (χ3n) is 3.25. The molecular weight excluding hydrogens is 409 g/mol. The second-order valence-electron chi connectivity index (χ2n) is 4.94. The molecule has 4 nitrogen and oxygen atoms in total. The van der Waals surface area contributed by atoms with E-state index in [4.69, 9.17) is 0 Å². The lowest BCUT2D eigenvalue weighted by molar-refractivity contribution is 0.101. The fraction of sp³-hybridized carbons (Fsp3) is 0.125. The Morgan fingerprint density at radius 3 is 2.68 bits per heavy atom. The molecule has 2 heterocycles. The fourth-order valence-electron chi connectivity index (χ4n) is 2.15. The number of nitrogens with one attached hydrogen (secondary N) is 1. The number of carbonyl (C=O) groups is 1. The minimum absolute atomic E-state index is 0.123. The SMILES string of the molecule is Cc1nc(-c2cc(C(=O)Nc3ccc(I)cc3)n(C)c2)cs1. The summed E-state index contributed by atoms with van der Waals surface area (Å²) in [5.41, 5.74) is 3.27. The molecule has 0 aliphatic rings. The Morgan fingerprint density at radius 1 is 1.32 bits per heavy atom. The number of hydrogen-bond acceptors (Lipinski definition) is 3. The van der Waals surface area contributed by atoms with E-state index < -0.39 is 0 Å². The Morgan fingerprint density at radius 2 is 2.05 bits per heavy atom. The van der Waals surface area contributed by atoms with Crippen molar-refractivity contribution in [1.29, 1.82) is 0 Å². The number of aryl methyl sites for hydroxylation is 2. The lowest BCUT2D eigenvalue weighted by atomic mass is 10.2. The maximum Gasteiger partial charge on any atom is 0.272 e. The number of halogens is 1. The molecule has 0 aliphatic heterocycles. The Kier molecular flexibility index (Phi) is 4.30. The maximum absolute atomic E-state index is 12.4. The standard InChI is InChI=1S/C16H14IN3OS/c1-10-18-14(9-22-10)11-7-15(20(2)8-11)16(21)19-13-5-3-12(17)4-6-13/h3-9H,1-2H3,(H,19,21). The van der Waals surface area contributed by atoms with Crippen molar-refractivity contribution in [2.45, 2.75) is 6.92 Å². The van der Waals surface area contributed by atoms with E-state index in [0.29, 0.717) is 5.69 Å². The highest BCUT2D eigenvalue weighted by molar-refractivity contribution is 14.1. The first-order valence-electron chi connectivity index (χ1n) is 6.69. The van der Waals surface area contributed by atoms with Gasteiger partial charge in [0.05, 0.1) is 10.7 Å². The Hall–Kier alpha value is -1.67. The van der Waals surface area contributed by atoms with Gasteiger partial charge in [-0.2, -0.15) is 0 Å². The first-order valence-corrected chi connectivity index (χ1v) is 8.64. The van der Waals surface area contributed by atoms with Crippen molar-refractivity contribution < 1.29 is 4.79 Å². The molecule has 3 rings (SSSR count). The van der Waals surface area contributed by atoms with Gasteiger partial charge in [-0.25, -0.2) is 4.98 Å². The smallest absolute Gasteiger partial charge is 0.272 e. The zero-order chi connectivity index (χ0) is 15.7. The Bertz CT molecular complexity index is 820. The molecule has 3 aromatic rings. The van der Waals surface area contributed by atoms with E-state index in [1.54, 1.807) is 11.3 Å². The summed E-state index contributed by atoms with van der Waals surface area (Å²) in [7, 11) is 1.87. The van der Waals surface area contributed by atoms with Gasteiger partial charge in [-0.15, -0.1) is 11.3 Å². The van der Waals surface area contributed by atoms with E-state index in [1.165, 1.54) is 0 Å². The molecule has 0 spiro atoms. The molecule has 0 atom stereocenters. The van der Waals surface area contributed by atoms with E-state index in [2.05, 4.69) is 32.9 Å². The van der Waals surface area contributed by atoms with Crippen LogP contribution in [0.5, 0.6) is 0 Å². The van der Waals surface area contributed by atoms with Gasteiger partial charge in [0.15, 0.2) is 0 Å². The van der Waals surface area contributed by atoms with E-state index in [1.807, 2.05) is 60.4 Å². The van der Waals surface area contributed by atoms with Crippen molar-refractivity contribution >= 4 is 45.5 Å². The van der Waals surface area contributed by atoms with Crippen molar-refractivity contribution in [2.75, 3.05) is 5.32 Å². The van der Waals surface area contributed by atoms with Crippen LogP contribution in [0, 0.1) is 10.5 Å². The second kappa shape index (κ2) is 6.21. The van der Waals surface area contributed by atoms with Gasteiger partial charge in [0.25, 0.3) is 5.91 Å². The lowest BCUT2D eigenvalue weighted by Crippen LogP contribution is -2.15. The van der Waals surface area contributed by atoms with E-state index in [0.717, 1.165) is 25.5 Å². The van der Waals surface area contributed by atoms with Crippen molar-refractivity contribution in [3.05, 3.63) is 56.2 Å². The zero-order valence-corrected chi connectivity index (χ0v) is 15.1. The molecular formula is C16H14IN3OS. The summed E-state index contributed by atoms with van der Waals surface area (Å²) in [5, 5.41) is 5.94. The van der Waals surface area contributed by atoms with E-state index >= 15 is 0 Å². The van der Waals surface area contributed by atoms with Gasteiger partial charge in [0, 0.05) is 33.4 Å². The van der Waals surface area contributed by atoms with Gasteiger partial charge in [-0.05, 0) is 59.8 Å². The van der Waals surface area contributed by atoms with Crippen molar-refractivity contribution in [3.8, 4) is 11.3 Å². The number of benzene rings is 1. The van der Waals surface area contributed by atoms with Crippen LogP contribution in [0.25, 0.3) is 11.3 Å². The minimum atomic E-state index is -0.123. The number of rotatable bonds is 3. The van der Waals surface area contributed by atoms with Gasteiger partial charge < -0.3 is 9.88 Å². The van der Waals surface area contributed by atoms with Crippen LogP contribution >= 0.6 is 33.9 Å². The molecule has 2 aromatic heterocycles. The predicted octanol–water partition coefficient (Wildman–Crippen LogP) is 4.31. The monoisotopic (exact) mass is 423 g/mol. The van der Waals surface area contributed by atoms with Crippen LogP contribution in [0.1, 0.15) is 15.5 Å². The van der Waals surface area contributed by atoms with Crippen LogP contribution < -0.4 is 5.32 Å². The first-order chi connectivity index (χ1) is 10.5. The van der Waals surface area contributed by atoms with Crippen LogP contribution in [0.15, 0.2) is 41.9 Å². The molecule has 0 bridgehead atoms. The predicted molar refractivity (Wildman–Crippen MR) is 98.4 cm³/mol. The third-order valence-corrected chi connectivity index (χ3v) is 4.75. The number of aromatic nitrogens is 2. The highest BCUT2D eigenvalue weighted by Crippen LogP contribution is 2.24. The summed E-state index contributed by atoms with van der Waals surface area (Å²) >= 11 is 3.84. The number of anilines is 1. The average molecular weight is 423 g/mol. The summed E-state index contributed by atoms with van der Waals surface area (Å²) in [6.07, 6.45) is 1.93. The molecule has 0 aliphatic carbocycles. The van der Waals surface area contributed by atoms with Gasteiger partial charge in [-0.3, -0.25) is 4.79 Å². The summed E-state index contributed by atoms with van der Waals surface area (Å²) in [4.78, 5) is 16.9. The van der Waals surface area contributed by atoms with E-state index in [9.17, 15) is 4.79 Å². The van der Waals surface area contributed by atoms with Crippen LogP contribution in [-0.2, 0) is 7.05 Å². The van der Waals surface area contributed by atoms with Crippen molar-refractivity contribution in [3.63, 3.8) is 0 Å². The number of thiazole rings is 1. The Balaban J connectivity index is 1.83. The number of nitrogens with zero attached hydrogens (tertiary/aromatic N) is 2. The number of hydrogen-bond donors (Lipinski definition) is 1. The molecule has 0 radical (unpaired) electrons. The van der Waals surface area contributed by atoms with Gasteiger partial charge in [0.2, 0.25) is 0 Å². The van der Waals surface area contributed by atoms with Gasteiger partial charge in [-0.1, -0.05) is 0 Å². The van der Waals surface area contributed by atoms with Crippen LogP contribution in [0.2, 0.25) is 0 Å². The quantitative estimate of drug-likeness (QED) is 0.639. The molecule has 1 N–H and O–H groups in total. The molecule has 0 saturated heterocycles. The van der Waals surface area contributed by atoms with Crippen LogP contribution in [-0.4, -0.2) is 15.5 Å². The maximum atomic E-state index is 12.4. The molecule has 0 saturated carbocycles. The Labute approximate surface area is 146 Å². The van der Waals surface area contributed by atoms with Crippen LogP contribution in [0.3, 0.4) is 0 Å². The average Bonchev–Trinajstić information content (AvgIpc) is 3.07. The first kappa shape index (κ1) is 15.2. The summed E-state index contributed by atoms with van der Waals surface area (Å²) < 4.78 is 2.96. The molecule has 1 aromatic carbocycles. The third kappa shape index (κ3) is 3.22. The largest absolute Gasteiger partial charge is 0.346 e. The van der Waals surface area contributed by atoms with Crippen molar-refractivity contribution in [2.24, 2.45) is 7.05 Å². The molecule has 22 heavy (non-hydrogen) atoms. The minimum Gasteiger partial charge on any atom is -0.346 e. The molecule has 1 amide bonds. The van der Waals surface area contributed by atoms with Crippen LogP contribution in [0.4, 0.5) is 5.69 Å². The topological polar surface area (TPSA) is 46.9 Å². The normalized spacial score (nSPS) is 10.7. The molecule has 112 valence electrons. The molecule has 6 heteroatoms. The molecule has 0 fully saturated rings.